The first-order valence-electron chi connectivity index (χ1n) is 9.14. The van der Waals surface area contributed by atoms with Crippen molar-refractivity contribution >= 4 is 28.4 Å². The zero-order valence-corrected chi connectivity index (χ0v) is 16.0. The maximum atomic E-state index is 5.60. The van der Waals surface area contributed by atoms with Crippen molar-refractivity contribution in [2.45, 2.75) is 6.42 Å². The van der Waals surface area contributed by atoms with Crippen molar-refractivity contribution in [2.75, 3.05) is 32.4 Å². The van der Waals surface area contributed by atoms with Gasteiger partial charge in [-0.3, -0.25) is 0 Å². The van der Waals surface area contributed by atoms with Crippen molar-refractivity contribution in [2.24, 2.45) is 16.5 Å². The van der Waals surface area contributed by atoms with Crippen molar-refractivity contribution in [1.82, 2.24) is 9.97 Å². The number of guanidine groups is 1. The smallest absolute Gasteiger partial charge is 0.231 e. The van der Waals surface area contributed by atoms with Gasteiger partial charge < -0.3 is 31.0 Å². The van der Waals surface area contributed by atoms with Crippen LogP contribution in [0.15, 0.2) is 41.4 Å². The Morgan fingerprint density at radius 3 is 2.83 bits per heavy atom. The standard InChI is InChI=1S/C20H22N6O3/c1-27-7-6-23-13-3-4-14-15(10-13)24-18(25-19(14)26-20(21)22)9-12-2-5-16-17(8-12)29-11-28-16/h2-5,8,10,23H,6-7,9,11H2,1H3,(H4,21,22,24,25,26). The molecule has 29 heavy (non-hydrogen) atoms. The molecule has 5 N–H and O–H groups in total. The molecule has 9 nitrogen and oxygen atoms in total. The minimum absolute atomic E-state index is 0.0543. The van der Waals surface area contributed by atoms with Crippen LogP contribution in [0.3, 0.4) is 0 Å². The molecule has 1 aliphatic heterocycles. The van der Waals surface area contributed by atoms with E-state index in [1.807, 2.05) is 36.4 Å². The van der Waals surface area contributed by atoms with Crippen LogP contribution in [-0.2, 0) is 11.2 Å². The molecule has 0 fully saturated rings. The number of aromatic nitrogens is 2. The maximum absolute atomic E-state index is 5.60. The van der Waals surface area contributed by atoms with E-state index < -0.39 is 0 Å². The molecule has 0 saturated heterocycles. The average molecular weight is 394 g/mol. The highest BCUT2D eigenvalue weighted by molar-refractivity contribution is 5.92. The summed E-state index contributed by atoms with van der Waals surface area (Å²) >= 11 is 0. The molecule has 0 unspecified atom stereocenters. The number of hydrogen-bond acceptors (Lipinski definition) is 7. The predicted molar refractivity (Wildman–Crippen MR) is 111 cm³/mol. The van der Waals surface area contributed by atoms with E-state index in [1.165, 1.54) is 0 Å². The Bertz CT molecular complexity index is 1070. The van der Waals surface area contributed by atoms with E-state index in [4.69, 9.17) is 30.7 Å². The van der Waals surface area contributed by atoms with Crippen molar-refractivity contribution in [3.8, 4) is 11.5 Å². The van der Waals surface area contributed by atoms with Gasteiger partial charge in [0.05, 0.1) is 12.1 Å². The highest BCUT2D eigenvalue weighted by Gasteiger charge is 2.15. The number of fused-ring (bicyclic) bond motifs is 2. The van der Waals surface area contributed by atoms with Crippen molar-refractivity contribution in [3.05, 3.63) is 47.8 Å². The number of nitrogens with two attached hydrogens (primary N) is 2. The van der Waals surface area contributed by atoms with Crippen LogP contribution >= 0.6 is 0 Å². The van der Waals surface area contributed by atoms with E-state index in [1.54, 1.807) is 7.11 Å². The summed E-state index contributed by atoms with van der Waals surface area (Å²) in [6, 6.07) is 11.6. The van der Waals surface area contributed by atoms with Crippen LogP contribution in [0.4, 0.5) is 11.5 Å². The van der Waals surface area contributed by atoms with Crippen molar-refractivity contribution in [3.63, 3.8) is 0 Å². The molecular formula is C20H22N6O3. The lowest BCUT2D eigenvalue weighted by Gasteiger charge is -2.10. The van der Waals surface area contributed by atoms with Gasteiger partial charge in [-0.2, -0.15) is 4.99 Å². The van der Waals surface area contributed by atoms with Gasteiger partial charge in [0.25, 0.3) is 0 Å². The minimum Gasteiger partial charge on any atom is -0.454 e. The number of aliphatic imine (C=N–C) groups is 1. The Morgan fingerprint density at radius 2 is 2.00 bits per heavy atom. The molecule has 0 atom stereocenters. The van der Waals surface area contributed by atoms with Crippen LogP contribution in [-0.4, -0.2) is 43.0 Å². The largest absolute Gasteiger partial charge is 0.454 e. The molecule has 0 saturated carbocycles. The third-order valence-electron chi connectivity index (χ3n) is 4.39. The first-order valence-corrected chi connectivity index (χ1v) is 9.14. The van der Waals surface area contributed by atoms with Gasteiger partial charge in [-0.1, -0.05) is 6.07 Å². The van der Waals surface area contributed by atoms with Gasteiger partial charge in [0.2, 0.25) is 6.79 Å². The molecule has 1 aromatic heterocycles. The van der Waals surface area contributed by atoms with Gasteiger partial charge in [-0.25, -0.2) is 9.97 Å². The third kappa shape index (κ3) is 4.30. The molecule has 150 valence electrons. The number of nitrogens with one attached hydrogen (secondary N) is 1. The summed E-state index contributed by atoms with van der Waals surface area (Å²) in [7, 11) is 1.67. The average Bonchev–Trinajstić information content (AvgIpc) is 3.15. The van der Waals surface area contributed by atoms with Crippen LogP contribution in [0.2, 0.25) is 0 Å². The summed E-state index contributed by atoms with van der Waals surface area (Å²) < 4.78 is 15.9. The second-order valence-corrected chi connectivity index (χ2v) is 6.52. The van der Waals surface area contributed by atoms with Crippen LogP contribution in [0, 0.1) is 0 Å². The third-order valence-corrected chi connectivity index (χ3v) is 4.39. The van der Waals surface area contributed by atoms with Crippen LogP contribution < -0.4 is 26.3 Å². The van der Waals surface area contributed by atoms with Gasteiger partial charge >= 0.3 is 0 Å². The lowest BCUT2D eigenvalue weighted by atomic mass is 10.1. The number of ether oxygens (including phenoxy) is 3. The monoisotopic (exact) mass is 394 g/mol. The molecule has 0 bridgehead atoms. The Labute approximate surface area is 167 Å². The summed E-state index contributed by atoms with van der Waals surface area (Å²) in [5, 5.41) is 4.06. The molecule has 0 radical (unpaired) electrons. The lowest BCUT2D eigenvalue weighted by molar-refractivity contribution is 0.174. The Hall–Kier alpha value is -3.59. The van der Waals surface area contributed by atoms with Crippen molar-refractivity contribution < 1.29 is 14.2 Å². The fourth-order valence-electron chi connectivity index (χ4n) is 3.09. The van der Waals surface area contributed by atoms with E-state index in [-0.39, 0.29) is 12.8 Å². The molecular weight excluding hydrogens is 372 g/mol. The SMILES string of the molecule is COCCNc1ccc2c(N=C(N)N)nc(Cc3ccc4c(c3)OCO4)nc2c1. The summed E-state index contributed by atoms with van der Waals surface area (Å²) in [6.45, 7) is 1.53. The molecule has 3 aromatic rings. The molecule has 0 aliphatic carbocycles. The number of anilines is 1. The minimum atomic E-state index is -0.0543. The lowest BCUT2D eigenvalue weighted by Crippen LogP contribution is -2.22. The molecule has 0 spiro atoms. The Balaban J connectivity index is 1.69. The Morgan fingerprint density at radius 1 is 1.14 bits per heavy atom. The predicted octanol–water partition coefficient (Wildman–Crippen LogP) is 1.91. The number of benzene rings is 2. The van der Waals surface area contributed by atoms with E-state index >= 15 is 0 Å². The van der Waals surface area contributed by atoms with Crippen LogP contribution in [0.5, 0.6) is 11.5 Å². The van der Waals surface area contributed by atoms with Crippen LogP contribution in [0.25, 0.3) is 10.9 Å². The van der Waals surface area contributed by atoms with E-state index in [2.05, 4.69) is 15.3 Å². The number of rotatable bonds is 7. The van der Waals surface area contributed by atoms with E-state index in [0.29, 0.717) is 31.2 Å². The molecule has 2 aromatic carbocycles. The van der Waals surface area contributed by atoms with Crippen LogP contribution in [0.1, 0.15) is 11.4 Å². The highest BCUT2D eigenvalue weighted by atomic mass is 16.7. The zero-order valence-electron chi connectivity index (χ0n) is 16.0. The number of methoxy groups -OCH3 is 1. The Kier molecular flexibility index (Phi) is 5.30. The zero-order chi connectivity index (χ0) is 20.2. The fourth-order valence-corrected chi connectivity index (χ4v) is 3.09. The second-order valence-electron chi connectivity index (χ2n) is 6.52. The molecule has 1 aliphatic rings. The first kappa shape index (κ1) is 18.8. The summed E-state index contributed by atoms with van der Waals surface area (Å²) in [6.07, 6.45) is 0.501. The van der Waals surface area contributed by atoms with Gasteiger partial charge in [0.1, 0.15) is 5.82 Å². The van der Waals surface area contributed by atoms with E-state index in [0.717, 1.165) is 33.7 Å². The topological polar surface area (TPSA) is 130 Å². The summed E-state index contributed by atoms with van der Waals surface area (Å²) in [4.78, 5) is 13.5. The number of hydrogen-bond donors (Lipinski definition) is 3. The molecule has 9 heteroatoms. The fraction of sp³-hybridized carbons (Fsp3) is 0.250. The van der Waals surface area contributed by atoms with Gasteiger partial charge in [-0.15, -0.1) is 0 Å². The molecule has 2 heterocycles. The summed E-state index contributed by atoms with van der Waals surface area (Å²) in [5.41, 5.74) is 13.9. The van der Waals surface area contributed by atoms with E-state index in [9.17, 15) is 0 Å². The molecule has 0 amide bonds. The highest BCUT2D eigenvalue weighted by Crippen LogP contribution is 2.33. The number of nitrogens with zero attached hydrogens (tertiary/aromatic N) is 3. The van der Waals surface area contributed by atoms with Crippen molar-refractivity contribution in [1.29, 1.82) is 0 Å². The summed E-state index contributed by atoms with van der Waals surface area (Å²) in [5.74, 6) is 2.44. The quantitative estimate of drug-likeness (QED) is 0.315. The van der Waals surface area contributed by atoms with Gasteiger partial charge in [0, 0.05) is 31.1 Å². The normalized spacial score (nSPS) is 12.2. The van der Waals surface area contributed by atoms with Gasteiger partial charge in [-0.05, 0) is 35.9 Å². The maximum Gasteiger partial charge on any atom is 0.231 e. The molecule has 4 rings (SSSR count). The van der Waals surface area contributed by atoms with Gasteiger partial charge in [0.15, 0.2) is 23.3 Å². The first-order chi connectivity index (χ1) is 14.1. The second kappa shape index (κ2) is 8.19.